The number of nitrogens with one attached hydrogen (secondary N) is 1. The van der Waals surface area contributed by atoms with E-state index in [0.29, 0.717) is 15.8 Å². The zero-order valence-corrected chi connectivity index (χ0v) is 13.9. The van der Waals surface area contributed by atoms with E-state index in [1.54, 1.807) is 30.3 Å². The molecule has 0 bridgehead atoms. The number of rotatable bonds is 6. The van der Waals surface area contributed by atoms with Gasteiger partial charge in [0, 0.05) is 10.0 Å². The smallest absolute Gasteiger partial charge is 0.341 e. The number of phenolic OH excluding ortho intramolecular Hbond substituents is 1. The number of aromatic hydroxyl groups is 1. The molecule has 0 saturated heterocycles. The van der Waals surface area contributed by atoms with Gasteiger partial charge in [0.2, 0.25) is 0 Å². The maximum absolute atomic E-state index is 12.0. The fourth-order valence-corrected chi connectivity index (χ4v) is 2.13. The first-order chi connectivity index (χ1) is 11.5. The van der Waals surface area contributed by atoms with Crippen LogP contribution in [0.1, 0.15) is 15.9 Å². The molecule has 124 valence electrons. The van der Waals surface area contributed by atoms with Gasteiger partial charge in [-0.1, -0.05) is 28.1 Å². The maximum atomic E-state index is 12.0. The van der Waals surface area contributed by atoms with E-state index in [9.17, 15) is 14.7 Å². The van der Waals surface area contributed by atoms with E-state index < -0.39 is 18.5 Å². The average Bonchev–Trinajstić information content (AvgIpc) is 2.56. The molecule has 1 amide bonds. The molecule has 0 atom stereocenters. The molecule has 0 unspecified atom stereocenters. The van der Waals surface area contributed by atoms with Gasteiger partial charge < -0.3 is 14.9 Å². The van der Waals surface area contributed by atoms with Crippen LogP contribution in [-0.4, -0.2) is 34.9 Å². The Morgan fingerprint density at radius 1 is 1.25 bits per heavy atom. The molecule has 7 nitrogen and oxygen atoms in total. The van der Waals surface area contributed by atoms with Crippen molar-refractivity contribution < 1.29 is 24.5 Å². The molecular weight excluding hydrogens is 380 g/mol. The monoisotopic (exact) mass is 392 g/mol. The van der Waals surface area contributed by atoms with Gasteiger partial charge in [-0.2, -0.15) is 5.10 Å². The van der Waals surface area contributed by atoms with Crippen LogP contribution in [0.25, 0.3) is 0 Å². The van der Waals surface area contributed by atoms with Crippen LogP contribution in [0.5, 0.6) is 11.5 Å². The SMILES string of the molecule is O=C(O)COc1ccccc1C=NNC(=O)c1cc(Br)ccc1O. The van der Waals surface area contributed by atoms with Crippen LogP contribution in [-0.2, 0) is 4.79 Å². The maximum Gasteiger partial charge on any atom is 0.341 e. The summed E-state index contributed by atoms with van der Waals surface area (Å²) in [4.78, 5) is 22.6. The number of nitrogens with zero attached hydrogens (tertiary/aromatic N) is 1. The van der Waals surface area contributed by atoms with E-state index in [1.807, 2.05) is 0 Å². The lowest BCUT2D eigenvalue weighted by atomic mass is 10.2. The number of phenols is 1. The van der Waals surface area contributed by atoms with Gasteiger partial charge >= 0.3 is 5.97 Å². The number of benzene rings is 2. The first-order valence-electron chi connectivity index (χ1n) is 6.73. The Bertz CT molecular complexity index is 792. The predicted octanol–water partition coefficient (Wildman–Crippen LogP) is 2.38. The molecule has 0 aliphatic carbocycles. The van der Waals surface area contributed by atoms with Gasteiger partial charge in [0.1, 0.15) is 11.5 Å². The van der Waals surface area contributed by atoms with Crippen LogP contribution < -0.4 is 10.2 Å². The van der Waals surface area contributed by atoms with Gasteiger partial charge in [-0.3, -0.25) is 4.79 Å². The molecule has 0 radical (unpaired) electrons. The Labute approximate surface area is 145 Å². The van der Waals surface area contributed by atoms with Crippen molar-refractivity contribution >= 4 is 34.0 Å². The van der Waals surface area contributed by atoms with Crippen molar-refractivity contribution in [3.8, 4) is 11.5 Å². The highest BCUT2D eigenvalue weighted by Crippen LogP contribution is 2.21. The van der Waals surface area contributed by atoms with Gasteiger partial charge in [-0.05, 0) is 30.3 Å². The van der Waals surface area contributed by atoms with Crippen molar-refractivity contribution in [1.82, 2.24) is 5.43 Å². The van der Waals surface area contributed by atoms with Crippen molar-refractivity contribution in [2.24, 2.45) is 5.10 Å². The van der Waals surface area contributed by atoms with Crippen LogP contribution in [0.3, 0.4) is 0 Å². The molecule has 0 fully saturated rings. The summed E-state index contributed by atoms with van der Waals surface area (Å²) >= 11 is 3.21. The molecule has 3 N–H and O–H groups in total. The summed E-state index contributed by atoms with van der Waals surface area (Å²) in [5.74, 6) is -1.53. The third kappa shape index (κ3) is 4.82. The Morgan fingerprint density at radius 2 is 2.00 bits per heavy atom. The molecule has 0 aromatic heterocycles. The Morgan fingerprint density at radius 3 is 2.75 bits per heavy atom. The Kier molecular flexibility index (Phi) is 5.91. The number of carbonyl (C=O) groups is 2. The minimum absolute atomic E-state index is 0.0666. The van der Waals surface area contributed by atoms with Crippen molar-refractivity contribution in [1.29, 1.82) is 0 Å². The summed E-state index contributed by atoms with van der Waals surface area (Å²) in [7, 11) is 0. The van der Waals surface area contributed by atoms with Crippen molar-refractivity contribution in [3.05, 3.63) is 58.1 Å². The normalized spacial score (nSPS) is 10.5. The van der Waals surface area contributed by atoms with E-state index in [0.717, 1.165) is 0 Å². The van der Waals surface area contributed by atoms with Crippen molar-refractivity contribution in [2.75, 3.05) is 6.61 Å². The summed E-state index contributed by atoms with van der Waals surface area (Å²) in [6.45, 7) is -0.483. The second kappa shape index (κ2) is 8.11. The van der Waals surface area contributed by atoms with Crippen LogP contribution in [0, 0.1) is 0 Å². The lowest BCUT2D eigenvalue weighted by Crippen LogP contribution is -2.18. The highest BCUT2D eigenvalue weighted by atomic mass is 79.9. The Balaban J connectivity index is 2.07. The van der Waals surface area contributed by atoms with Gasteiger partial charge in [0.25, 0.3) is 5.91 Å². The molecule has 0 aliphatic heterocycles. The number of para-hydroxylation sites is 1. The van der Waals surface area contributed by atoms with Gasteiger partial charge in [0.05, 0.1) is 11.8 Å². The number of halogens is 1. The van der Waals surface area contributed by atoms with Gasteiger partial charge in [-0.25, -0.2) is 10.2 Å². The number of carboxylic acids is 1. The van der Waals surface area contributed by atoms with E-state index in [1.165, 1.54) is 18.3 Å². The van der Waals surface area contributed by atoms with E-state index in [4.69, 9.17) is 9.84 Å². The fraction of sp³-hybridized carbons (Fsp3) is 0.0625. The number of hydrogen-bond acceptors (Lipinski definition) is 5. The zero-order chi connectivity index (χ0) is 17.5. The number of carboxylic acid groups (broad SMARTS) is 1. The molecule has 24 heavy (non-hydrogen) atoms. The van der Waals surface area contributed by atoms with Gasteiger partial charge in [0.15, 0.2) is 6.61 Å². The number of hydrazone groups is 1. The summed E-state index contributed by atoms with van der Waals surface area (Å²) in [6, 6.07) is 11.1. The molecule has 2 aromatic carbocycles. The second-order valence-electron chi connectivity index (χ2n) is 4.58. The number of hydrogen-bond donors (Lipinski definition) is 3. The Hall–Kier alpha value is -2.87. The standard InChI is InChI=1S/C16H13BrN2O5/c17-11-5-6-13(20)12(7-11)16(23)19-18-8-10-3-1-2-4-14(10)24-9-15(21)22/h1-8,20H,9H2,(H,19,23)(H,21,22). The summed E-state index contributed by atoms with van der Waals surface area (Å²) in [5, 5.41) is 22.1. The highest BCUT2D eigenvalue weighted by Gasteiger charge is 2.10. The summed E-state index contributed by atoms with van der Waals surface area (Å²) in [6.07, 6.45) is 1.32. The molecular formula is C16H13BrN2O5. The molecule has 2 aromatic rings. The molecule has 2 rings (SSSR count). The molecule has 0 saturated carbocycles. The number of amides is 1. The second-order valence-corrected chi connectivity index (χ2v) is 5.50. The predicted molar refractivity (Wildman–Crippen MR) is 90.4 cm³/mol. The molecule has 0 spiro atoms. The van der Waals surface area contributed by atoms with Crippen molar-refractivity contribution in [3.63, 3.8) is 0 Å². The lowest BCUT2D eigenvalue weighted by molar-refractivity contribution is -0.139. The fourth-order valence-electron chi connectivity index (χ4n) is 1.77. The summed E-state index contributed by atoms with van der Waals surface area (Å²) in [5.41, 5.74) is 2.85. The molecule has 8 heteroatoms. The van der Waals surface area contributed by atoms with Crippen LogP contribution >= 0.6 is 15.9 Å². The first kappa shape index (κ1) is 17.5. The van der Waals surface area contributed by atoms with E-state index in [2.05, 4.69) is 26.5 Å². The number of ether oxygens (including phenoxy) is 1. The quantitative estimate of drug-likeness (QED) is 0.516. The first-order valence-corrected chi connectivity index (χ1v) is 7.52. The largest absolute Gasteiger partial charge is 0.507 e. The minimum atomic E-state index is -1.10. The third-order valence-electron chi connectivity index (χ3n) is 2.84. The highest BCUT2D eigenvalue weighted by molar-refractivity contribution is 9.10. The molecule has 0 heterocycles. The van der Waals surface area contributed by atoms with Crippen LogP contribution in [0.4, 0.5) is 0 Å². The number of carbonyl (C=O) groups excluding carboxylic acids is 1. The molecule has 0 aliphatic rings. The van der Waals surface area contributed by atoms with Crippen LogP contribution in [0.2, 0.25) is 0 Å². The van der Waals surface area contributed by atoms with Crippen molar-refractivity contribution in [2.45, 2.75) is 0 Å². The van der Waals surface area contributed by atoms with E-state index >= 15 is 0 Å². The third-order valence-corrected chi connectivity index (χ3v) is 3.34. The topological polar surface area (TPSA) is 108 Å². The van der Waals surface area contributed by atoms with Crippen LogP contribution in [0.15, 0.2) is 52.0 Å². The van der Waals surface area contributed by atoms with Gasteiger partial charge in [-0.15, -0.1) is 0 Å². The van der Waals surface area contributed by atoms with E-state index in [-0.39, 0.29) is 11.3 Å². The number of aliphatic carboxylic acids is 1. The zero-order valence-electron chi connectivity index (χ0n) is 12.3. The minimum Gasteiger partial charge on any atom is -0.507 e. The lowest BCUT2D eigenvalue weighted by Gasteiger charge is -2.06. The average molecular weight is 393 g/mol. The summed E-state index contributed by atoms with van der Waals surface area (Å²) < 4.78 is 5.77.